The zero-order valence-electron chi connectivity index (χ0n) is 6.42. The summed E-state index contributed by atoms with van der Waals surface area (Å²) >= 11 is 0. The molecule has 0 rings (SSSR count). The van der Waals surface area contributed by atoms with E-state index in [0.29, 0.717) is 17.9 Å². The van der Waals surface area contributed by atoms with Crippen molar-refractivity contribution in [1.82, 2.24) is 0 Å². The Bertz CT molecular complexity index is 150. The third-order valence-corrected chi connectivity index (χ3v) is 1.15. The zero-order chi connectivity index (χ0) is 8.15. The average Bonchev–Trinajstić information content (AvgIpc) is 1.81. The van der Waals surface area contributed by atoms with E-state index in [1.165, 1.54) is 6.20 Å². The van der Waals surface area contributed by atoms with Crippen LogP contribution in [0.4, 0.5) is 0 Å². The first-order chi connectivity index (χ1) is 4.57. The van der Waals surface area contributed by atoms with E-state index >= 15 is 0 Å². The summed E-state index contributed by atoms with van der Waals surface area (Å²) in [5.41, 5.74) is 10.7. The minimum absolute atomic E-state index is 0.419. The van der Waals surface area contributed by atoms with Crippen molar-refractivity contribution in [2.75, 3.05) is 0 Å². The van der Waals surface area contributed by atoms with Crippen LogP contribution in [0.2, 0.25) is 0 Å². The van der Waals surface area contributed by atoms with Gasteiger partial charge in [0.15, 0.2) is 0 Å². The number of nitrogens with two attached hydrogens (primary N) is 2. The molecule has 3 heteroatoms. The van der Waals surface area contributed by atoms with Gasteiger partial charge in [0.1, 0.15) is 0 Å². The second-order valence-corrected chi connectivity index (χ2v) is 2.65. The minimum atomic E-state index is -0.420. The molecule has 0 radical (unpaired) electrons. The van der Waals surface area contributed by atoms with E-state index in [1.807, 2.05) is 13.8 Å². The molecule has 0 aromatic carbocycles. The molecule has 0 atom stereocenters. The van der Waals surface area contributed by atoms with Crippen LogP contribution >= 0.6 is 0 Å². The van der Waals surface area contributed by atoms with E-state index in [-0.39, 0.29) is 0 Å². The first-order valence-electron chi connectivity index (χ1n) is 3.28. The molecule has 0 aliphatic rings. The Labute approximate surface area is 61.1 Å². The average molecular weight is 142 g/mol. The molecule has 0 aromatic rings. The van der Waals surface area contributed by atoms with Gasteiger partial charge in [-0.05, 0) is 12.3 Å². The largest absolute Gasteiger partial charge is 0.404 e. The van der Waals surface area contributed by atoms with Gasteiger partial charge in [-0.25, -0.2) is 0 Å². The Morgan fingerprint density at radius 1 is 1.60 bits per heavy atom. The number of hydrogen-bond donors (Lipinski definition) is 2. The van der Waals surface area contributed by atoms with Gasteiger partial charge in [0, 0.05) is 11.8 Å². The zero-order valence-corrected chi connectivity index (χ0v) is 6.42. The second kappa shape index (κ2) is 3.93. The Morgan fingerprint density at radius 2 is 2.10 bits per heavy atom. The lowest BCUT2D eigenvalue weighted by molar-refractivity contribution is -0.114. The summed E-state index contributed by atoms with van der Waals surface area (Å²) in [5, 5.41) is 0. The van der Waals surface area contributed by atoms with Crippen LogP contribution < -0.4 is 11.5 Å². The van der Waals surface area contributed by atoms with Crippen LogP contribution in [0, 0.1) is 5.92 Å². The quantitative estimate of drug-likeness (QED) is 0.558. The van der Waals surface area contributed by atoms with Crippen LogP contribution in [-0.4, -0.2) is 5.91 Å². The predicted molar refractivity (Wildman–Crippen MR) is 40.9 cm³/mol. The van der Waals surface area contributed by atoms with Crippen LogP contribution in [-0.2, 0) is 4.79 Å². The molecule has 0 saturated heterocycles. The Balaban J connectivity index is 3.99. The van der Waals surface area contributed by atoms with Crippen LogP contribution in [0.15, 0.2) is 11.8 Å². The molecule has 3 nitrogen and oxygen atoms in total. The van der Waals surface area contributed by atoms with Crippen molar-refractivity contribution in [2.24, 2.45) is 17.4 Å². The summed E-state index contributed by atoms with van der Waals surface area (Å²) in [7, 11) is 0. The molecule has 0 aliphatic carbocycles. The van der Waals surface area contributed by atoms with Crippen LogP contribution in [0.25, 0.3) is 0 Å². The van der Waals surface area contributed by atoms with Gasteiger partial charge in [-0.2, -0.15) is 0 Å². The number of hydrogen-bond acceptors (Lipinski definition) is 2. The van der Waals surface area contributed by atoms with Crippen molar-refractivity contribution in [3.05, 3.63) is 11.8 Å². The van der Waals surface area contributed by atoms with Crippen molar-refractivity contribution >= 4 is 5.91 Å². The van der Waals surface area contributed by atoms with Gasteiger partial charge in [0.25, 0.3) is 0 Å². The summed E-state index contributed by atoms with van der Waals surface area (Å²) in [6.07, 6.45) is 1.94. The highest BCUT2D eigenvalue weighted by Gasteiger charge is 2.05. The van der Waals surface area contributed by atoms with Gasteiger partial charge in [0.2, 0.25) is 5.91 Å². The van der Waals surface area contributed by atoms with Crippen molar-refractivity contribution in [2.45, 2.75) is 20.3 Å². The van der Waals surface area contributed by atoms with Gasteiger partial charge in [-0.3, -0.25) is 4.79 Å². The normalized spacial score (nSPS) is 12.1. The maximum Gasteiger partial charge on any atom is 0.246 e. The number of carbonyl (C=O) groups is 1. The highest BCUT2D eigenvalue weighted by Crippen LogP contribution is 2.07. The summed E-state index contributed by atoms with van der Waals surface area (Å²) in [6, 6.07) is 0. The smallest absolute Gasteiger partial charge is 0.246 e. The van der Waals surface area contributed by atoms with Crippen LogP contribution in [0.5, 0.6) is 0 Å². The lowest BCUT2D eigenvalue weighted by atomic mass is 10.0. The third kappa shape index (κ3) is 3.12. The fraction of sp³-hybridized carbons (Fsp3) is 0.571. The molecule has 0 heterocycles. The molecule has 0 spiro atoms. The molecule has 0 aromatic heterocycles. The van der Waals surface area contributed by atoms with Gasteiger partial charge in [-0.1, -0.05) is 13.8 Å². The Kier molecular flexibility index (Phi) is 3.54. The van der Waals surface area contributed by atoms with Crippen molar-refractivity contribution in [3.63, 3.8) is 0 Å². The van der Waals surface area contributed by atoms with Gasteiger partial charge in [-0.15, -0.1) is 0 Å². The van der Waals surface area contributed by atoms with Gasteiger partial charge >= 0.3 is 0 Å². The van der Waals surface area contributed by atoms with Gasteiger partial charge in [0.05, 0.1) is 0 Å². The van der Waals surface area contributed by atoms with E-state index < -0.39 is 5.91 Å². The Morgan fingerprint density at radius 3 is 2.20 bits per heavy atom. The molecule has 10 heavy (non-hydrogen) atoms. The van der Waals surface area contributed by atoms with Crippen LogP contribution in [0.1, 0.15) is 20.3 Å². The lowest BCUT2D eigenvalue weighted by Gasteiger charge is -2.03. The monoisotopic (exact) mass is 142 g/mol. The van der Waals surface area contributed by atoms with E-state index in [0.717, 1.165) is 0 Å². The molecule has 58 valence electrons. The molecular weight excluding hydrogens is 128 g/mol. The maximum absolute atomic E-state index is 10.5. The van der Waals surface area contributed by atoms with Gasteiger partial charge < -0.3 is 11.5 Å². The summed E-state index contributed by atoms with van der Waals surface area (Å²) in [6.45, 7) is 4.01. The highest BCUT2D eigenvalue weighted by molar-refractivity contribution is 5.91. The van der Waals surface area contributed by atoms with Crippen molar-refractivity contribution < 1.29 is 4.79 Å². The molecule has 4 N–H and O–H groups in total. The van der Waals surface area contributed by atoms with E-state index in [1.54, 1.807) is 0 Å². The standard InChI is InChI=1S/C7H14N2O/c1-5(2)3-6(4-8)7(9)10/h4-5H,3,8H2,1-2H3,(H2,9,10)/b6-4-. The molecule has 0 aliphatic heterocycles. The summed E-state index contributed by atoms with van der Waals surface area (Å²) in [4.78, 5) is 10.5. The fourth-order valence-corrected chi connectivity index (χ4v) is 0.691. The highest BCUT2D eigenvalue weighted by atomic mass is 16.1. The third-order valence-electron chi connectivity index (χ3n) is 1.15. The molecular formula is C7H14N2O. The molecule has 0 bridgehead atoms. The van der Waals surface area contributed by atoms with Crippen molar-refractivity contribution in [1.29, 1.82) is 0 Å². The second-order valence-electron chi connectivity index (χ2n) is 2.65. The number of rotatable bonds is 3. The number of amides is 1. The molecule has 0 fully saturated rings. The summed E-state index contributed by atoms with van der Waals surface area (Å²) < 4.78 is 0. The topological polar surface area (TPSA) is 69.1 Å². The predicted octanol–water partition coefficient (Wildman–Crippen LogP) is 0.360. The Hall–Kier alpha value is -0.990. The van der Waals surface area contributed by atoms with Crippen molar-refractivity contribution in [3.8, 4) is 0 Å². The maximum atomic E-state index is 10.5. The van der Waals surface area contributed by atoms with E-state index in [4.69, 9.17) is 11.5 Å². The molecule has 0 unspecified atom stereocenters. The first kappa shape index (κ1) is 9.01. The SMILES string of the molecule is CC(C)C/C(=C/N)C(N)=O. The summed E-state index contributed by atoms with van der Waals surface area (Å²) in [5.74, 6) is -0.00139. The lowest BCUT2D eigenvalue weighted by Crippen LogP contribution is -2.16. The molecule has 0 saturated carbocycles. The van der Waals surface area contributed by atoms with E-state index in [9.17, 15) is 4.79 Å². The number of primary amides is 1. The molecule has 1 amide bonds. The first-order valence-corrected chi connectivity index (χ1v) is 3.28. The fourth-order valence-electron chi connectivity index (χ4n) is 0.691. The minimum Gasteiger partial charge on any atom is -0.404 e. The van der Waals surface area contributed by atoms with E-state index in [2.05, 4.69) is 0 Å². The van der Waals surface area contributed by atoms with Crippen LogP contribution in [0.3, 0.4) is 0 Å². The number of carbonyl (C=O) groups excluding carboxylic acids is 1.